The Bertz CT molecular complexity index is 785. The zero-order valence-electron chi connectivity index (χ0n) is 12.3. The van der Waals surface area contributed by atoms with Gasteiger partial charge >= 0.3 is 0 Å². The quantitative estimate of drug-likeness (QED) is 0.725. The summed E-state index contributed by atoms with van der Waals surface area (Å²) in [5, 5.41) is 17.1. The Labute approximate surface area is 145 Å². The number of nitrogens with zero attached hydrogens (tertiary/aromatic N) is 4. The van der Waals surface area contributed by atoms with Crippen molar-refractivity contribution in [2.24, 2.45) is 0 Å². The molecule has 6 nitrogen and oxygen atoms in total. The van der Waals surface area contributed by atoms with E-state index >= 15 is 0 Å². The van der Waals surface area contributed by atoms with Gasteiger partial charge in [0.15, 0.2) is 0 Å². The molecule has 1 N–H and O–H groups in total. The summed E-state index contributed by atoms with van der Waals surface area (Å²) < 4.78 is 0.982. The van der Waals surface area contributed by atoms with Gasteiger partial charge < -0.3 is 5.32 Å². The first-order chi connectivity index (χ1) is 11.1. The Balaban J connectivity index is 1.62. The van der Waals surface area contributed by atoms with Gasteiger partial charge in [-0.1, -0.05) is 22.0 Å². The largest absolute Gasteiger partial charge is 0.347 e. The van der Waals surface area contributed by atoms with Gasteiger partial charge in [0.25, 0.3) is 0 Å². The molecule has 0 saturated carbocycles. The number of aromatic nitrogens is 4. The molecule has 2 heterocycles. The molecule has 0 saturated heterocycles. The molecule has 8 heteroatoms. The van der Waals surface area contributed by atoms with Crippen molar-refractivity contribution < 1.29 is 4.79 Å². The van der Waals surface area contributed by atoms with Crippen LogP contribution in [-0.4, -0.2) is 26.1 Å². The first kappa shape index (κ1) is 15.8. The summed E-state index contributed by atoms with van der Waals surface area (Å²) in [5.74, 6) is 0.349. The Morgan fingerprint density at radius 3 is 2.83 bits per heavy atom. The number of benzene rings is 1. The third-order valence-electron chi connectivity index (χ3n) is 3.19. The normalized spacial score (nSPS) is 12.1. The maximum absolute atomic E-state index is 12.1. The molecule has 0 bridgehead atoms. The highest BCUT2D eigenvalue weighted by molar-refractivity contribution is 9.10. The molecule has 1 amide bonds. The second-order valence-corrected chi connectivity index (χ2v) is 6.85. The van der Waals surface area contributed by atoms with Gasteiger partial charge in [0, 0.05) is 14.9 Å². The summed E-state index contributed by atoms with van der Waals surface area (Å²) in [5.41, 5.74) is 0.854. The molecule has 0 aliphatic carbocycles. The molecule has 0 unspecified atom stereocenters. The molecule has 23 heavy (non-hydrogen) atoms. The van der Waals surface area contributed by atoms with Crippen molar-refractivity contribution in [1.29, 1.82) is 0 Å². The highest BCUT2D eigenvalue weighted by Crippen LogP contribution is 2.18. The summed E-state index contributed by atoms with van der Waals surface area (Å²) in [6.45, 7) is 1.99. The zero-order chi connectivity index (χ0) is 16.2. The molecule has 3 aromatic rings. The molecule has 3 rings (SSSR count). The minimum atomic E-state index is -0.148. The average Bonchev–Trinajstić information content (AvgIpc) is 3.19. The number of halogens is 1. The van der Waals surface area contributed by atoms with Gasteiger partial charge in [-0.2, -0.15) is 4.80 Å². The lowest BCUT2D eigenvalue weighted by molar-refractivity contribution is -0.122. The lowest BCUT2D eigenvalue weighted by Crippen LogP contribution is -2.30. The van der Waals surface area contributed by atoms with Crippen LogP contribution in [0.25, 0.3) is 11.4 Å². The highest BCUT2D eigenvalue weighted by Gasteiger charge is 2.13. The predicted molar refractivity (Wildman–Crippen MR) is 91.8 cm³/mol. The van der Waals surface area contributed by atoms with Crippen LogP contribution in [-0.2, 0) is 11.3 Å². The Kier molecular flexibility index (Phi) is 4.82. The molecule has 1 aromatic carbocycles. The molecule has 0 radical (unpaired) electrons. The maximum atomic E-state index is 12.1. The summed E-state index contributed by atoms with van der Waals surface area (Å²) in [4.78, 5) is 14.5. The first-order valence-corrected chi connectivity index (χ1v) is 8.65. The van der Waals surface area contributed by atoms with E-state index in [0.29, 0.717) is 5.82 Å². The first-order valence-electron chi connectivity index (χ1n) is 6.98. The highest BCUT2D eigenvalue weighted by atomic mass is 79.9. The lowest BCUT2D eigenvalue weighted by Gasteiger charge is -2.11. The number of tetrazole rings is 1. The Morgan fingerprint density at radius 1 is 1.35 bits per heavy atom. The summed E-state index contributed by atoms with van der Waals surface area (Å²) in [7, 11) is 0. The number of hydrogen-bond acceptors (Lipinski definition) is 5. The van der Waals surface area contributed by atoms with Crippen molar-refractivity contribution >= 4 is 33.2 Å². The fraction of sp³-hybridized carbons (Fsp3) is 0.200. The number of amides is 1. The van der Waals surface area contributed by atoms with E-state index < -0.39 is 0 Å². The molecule has 2 aromatic heterocycles. The van der Waals surface area contributed by atoms with Crippen molar-refractivity contribution in [3.8, 4) is 11.4 Å². The van der Waals surface area contributed by atoms with E-state index in [2.05, 4.69) is 36.7 Å². The number of carbonyl (C=O) groups excluding carboxylic acids is 1. The smallest absolute Gasteiger partial charge is 0.244 e. The molecular formula is C15H14BrN5OS. The number of rotatable bonds is 5. The number of thiophene rings is 1. The van der Waals surface area contributed by atoms with Gasteiger partial charge in [0.1, 0.15) is 6.54 Å². The van der Waals surface area contributed by atoms with E-state index in [1.165, 1.54) is 4.80 Å². The Hall–Kier alpha value is -2.06. The number of hydrogen-bond donors (Lipinski definition) is 1. The van der Waals surface area contributed by atoms with Gasteiger partial charge in [0.2, 0.25) is 11.7 Å². The van der Waals surface area contributed by atoms with Crippen LogP contribution in [0.2, 0.25) is 0 Å². The topological polar surface area (TPSA) is 72.7 Å². The van der Waals surface area contributed by atoms with Crippen molar-refractivity contribution in [2.75, 3.05) is 0 Å². The Morgan fingerprint density at radius 2 is 2.13 bits per heavy atom. The van der Waals surface area contributed by atoms with Crippen LogP contribution < -0.4 is 5.32 Å². The van der Waals surface area contributed by atoms with Gasteiger partial charge in [-0.3, -0.25) is 4.79 Å². The second kappa shape index (κ2) is 7.01. The number of carbonyl (C=O) groups is 1. The lowest BCUT2D eigenvalue weighted by atomic mass is 10.2. The minimum absolute atomic E-state index is 0.0306. The van der Waals surface area contributed by atoms with Crippen molar-refractivity contribution in [3.05, 3.63) is 51.1 Å². The van der Waals surface area contributed by atoms with Crippen molar-refractivity contribution in [1.82, 2.24) is 25.5 Å². The van der Waals surface area contributed by atoms with E-state index in [0.717, 1.165) is 14.9 Å². The minimum Gasteiger partial charge on any atom is -0.347 e. The summed E-state index contributed by atoms with van der Waals surface area (Å²) in [6, 6.07) is 11.5. The second-order valence-electron chi connectivity index (χ2n) is 4.95. The molecule has 1 atom stereocenters. The van der Waals surface area contributed by atoms with Crippen LogP contribution in [0.4, 0.5) is 0 Å². The molecular weight excluding hydrogens is 378 g/mol. The van der Waals surface area contributed by atoms with Crippen LogP contribution in [0.1, 0.15) is 17.8 Å². The molecule has 0 aliphatic heterocycles. The number of nitrogens with one attached hydrogen (secondary N) is 1. The van der Waals surface area contributed by atoms with E-state index in [1.807, 2.05) is 48.7 Å². The molecule has 0 aliphatic rings. The van der Waals surface area contributed by atoms with Crippen molar-refractivity contribution in [3.63, 3.8) is 0 Å². The SMILES string of the molecule is C[C@@H](NC(=O)Cn1nnc(-c2ccc(Br)cc2)n1)c1cccs1. The zero-order valence-corrected chi connectivity index (χ0v) is 14.7. The fourth-order valence-electron chi connectivity index (χ4n) is 2.05. The van der Waals surface area contributed by atoms with Gasteiger partial charge in [-0.25, -0.2) is 0 Å². The van der Waals surface area contributed by atoms with Gasteiger partial charge in [-0.05, 0) is 47.8 Å². The summed E-state index contributed by atoms with van der Waals surface area (Å²) >= 11 is 4.99. The molecule has 0 fully saturated rings. The van der Waals surface area contributed by atoms with Crippen LogP contribution in [0.5, 0.6) is 0 Å². The predicted octanol–water partition coefficient (Wildman–Crippen LogP) is 3.04. The average molecular weight is 392 g/mol. The standard InChI is InChI=1S/C15H14BrN5OS/c1-10(13-3-2-8-23-13)17-14(22)9-21-19-15(18-20-21)11-4-6-12(16)7-5-11/h2-8,10H,9H2,1H3,(H,17,22)/t10-/m1/s1. The van der Waals surface area contributed by atoms with E-state index in [9.17, 15) is 4.79 Å². The fourth-order valence-corrected chi connectivity index (χ4v) is 3.05. The monoisotopic (exact) mass is 391 g/mol. The van der Waals surface area contributed by atoms with Crippen LogP contribution in [0.15, 0.2) is 46.3 Å². The maximum Gasteiger partial charge on any atom is 0.244 e. The van der Waals surface area contributed by atoms with E-state index in [4.69, 9.17) is 0 Å². The van der Waals surface area contributed by atoms with Crippen LogP contribution in [0, 0.1) is 0 Å². The third-order valence-corrected chi connectivity index (χ3v) is 4.77. The van der Waals surface area contributed by atoms with Crippen LogP contribution >= 0.6 is 27.3 Å². The molecule has 118 valence electrons. The van der Waals surface area contributed by atoms with Crippen molar-refractivity contribution in [2.45, 2.75) is 19.5 Å². The summed E-state index contributed by atoms with van der Waals surface area (Å²) in [6.07, 6.45) is 0. The third kappa shape index (κ3) is 4.02. The molecule has 0 spiro atoms. The van der Waals surface area contributed by atoms with Crippen LogP contribution in [0.3, 0.4) is 0 Å². The van der Waals surface area contributed by atoms with Gasteiger partial charge in [-0.15, -0.1) is 21.5 Å². The van der Waals surface area contributed by atoms with Gasteiger partial charge in [0.05, 0.1) is 6.04 Å². The van der Waals surface area contributed by atoms with E-state index in [-0.39, 0.29) is 18.5 Å². The van der Waals surface area contributed by atoms with E-state index in [1.54, 1.807) is 11.3 Å².